The van der Waals surface area contributed by atoms with Gasteiger partial charge in [0.25, 0.3) is 0 Å². The van der Waals surface area contributed by atoms with Gasteiger partial charge < -0.3 is 4.74 Å². The van der Waals surface area contributed by atoms with E-state index < -0.39 is 22.0 Å². The SMILES string of the molecule is COC(=O)[C@@H](CC(C)C)NS(=O)(=O)c1cc(Br)ccc1C. The van der Waals surface area contributed by atoms with Crippen LogP contribution < -0.4 is 4.72 Å². The molecule has 0 heterocycles. The van der Waals surface area contributed by atoms with Crippen LogP contribution in [0.1, 0.15) is 25.8 Å². The van der Waals surface area contributed by atoms with Crippen LogP contribution in [0, 0.1) is 12.8 Å². The van der Waals surface area contributed by atoms with Gasteiger partial charge in [-0.3, -0.25) is 4.79 Å². The Balaban J connectivity index is 3.11. The van der Waals surface area contributed by atoms with Crippen molar-refractivity contribution in [2.75, 3.05) is 7.11 Å². The van der Waals surface area contributed by atoms with Gasteiger partial charge in [0, 0.05) is 4.47 Å². The van der Waals surface area contributed by atoms with E-state index in [4.69, 9.17) is 0 Å². The molecule has 1 aromatic rings. The normalized spacial score (nSPS) is 13.2. The largest absolute Gasteiger partial charge is 0.468 e. The van der Waals surface area contributed by atoms with Crippen LogP contribution in [-0.2, 0) is 19.6 Å². The maximum Gasteiger partial charge on any atom is 0.323 e. The molecule has 0 fully saturated rings. The van der Waals surface area contributed by atoms with Crippen molar-refractivity contribution in [3.63, 3.8) is 0 Å². The van der Waals surface area contributed by atoms with Gasteiger partial charge in [-0.25, -0.2) is 8.42 Å². The molecule has 0 spiro atoms. The molecule has 0 aliphatic rings. The van der Waals surface area contributed by atoms with Crippen molar-refractivity contribution >= 4 is 31.9 Å². The molecule has 1 N–H and O–H groups in total. The summed E-state index contributed by atoms with van der Waals surface area (Å²) in [6, 6.07) is 4.09. The van der Waals surface area contributed by atoms with Crippen LogP contribution in [0.15, 0.2) is 27.6 Å². The molecular formula is C14H20BrNO4S. The first-order valence-electron chi connectivity index (χ1n) is 6.53. The van der Waals surface area contributed by atoms with Crippen LogP contribution >= 0.6 is 15.9 Å². The predicted molar refractivity (Wildman–Crippen MR) is 84.5 cm³/mol. The van der Waals surface area contributed by atoms with E-state index in [2.05, 4.69) is 25.4 Å². The number of nitrogens with one attached hydrogen (secondary N) is 1. The molecule has 118 valence electrons. The Morgan fingerprint density at radius 1 is 1.38 bits per heavy atom. The molecule has 1 atom stereocenters. The zero-order valence-corrected chi connectivity index (χ0v) is 14.9. The lowest BCUT2D eigenvalue weighted by Gasteiger charge is -2.19. The van der Waals surface area contributed by atoms with Gasteiger partial charge >= 0.3 is 5.97 Å². The molecule has 0 aliphatic heterocycles. The lowest BCUT2D eigenvalue weighted by molar-refractivity contribution is -0.143. The number of carbonyl (C=O) groups excluding carboxylic acids is 1. The van der Waals surface area contributed by atoms with Gasteiger partial charge in [0.1, 0.15) is 6.04 Å². The summed E-state index contributed by atoms with van der Waals surface area (Å²) in [7, 11) is -2.55. The van der Waals surface area contributed by atoms with Crippen molar-refractivity contribution in [2.24, 2.45) is 5.92 Å². The first-order valence-corrected chi connectivity index (χ1v) is 8.81. The minimum absolute atomic E-state index is 0.148. The number of methoxy groups -OCH3 is 1. The summed E-state index contributed by atoms with van der Waals surface area (Å²) >= 11 is 3.25. The zero-order chi connectivity index (χ0) is 16.2. The van der Waals surface area contributed by atoms with Crippen molar-refractivity contribution < 1.29 is 17.9 Å². The fraction of sp³-hybridized carbons (Fsp3) is 0.500. The zero-order valence-electron chi connectivity index (χ0n) is 12.5. The summed E-state index contributed by atoms with van der Waals surface area (Å²) in [5.74, 6) is -0.430. The molecule has 1 rings (SSSR count). The molecule has 1 aromatic carbocycles. The third-order valence-electron chi connectivity index (χ3n) is 2.93. The summed E-state index contributed by atoms with van der Waals surface area (Å²) in [6.45, 7) is 5.53. The molecular weight excluding hydrogens is 358 g/mol. The topological polar surface area (TPSA) is 72.5 Å². The molecule has 0 aliphatic carbocycles. The van der Waals surface area contributed by atoms with Crippen molar-refractivity contribution in [3.8, 4) is 0 Å². The van der Waals surface area contributed by atoms with Gasteiger partial charge in [-0.2, -0.15) is 4.72 Å². The number of hydrogen-bond acceptors (Lipinski definition) is 4. The minimum Gasteiger partial charge on any atom is -0.468 e. The number of sulfonamides is 1. The molecule has 0 unspecified atom stereocenters. The summed E-state index contributed by atoms with van der Waals surface area (Å²) < 4.78 is 32.7. The minimum atomic E-state index is -3.79. The molecule has 0 bridgehead atoms. The van der Waals surface area contributed by atoms with Crippen molar-refractivity contribution in [1.29, 1.82) is 0 Å². The molecule has 21 heavy (non-hydrogen) atoms. The highest BCUT2D eigenvalue weighted by Crippen LogP contribution is 2.21. The maximum absolute atomic E-state index is 12.5. The van der Waals surface area contributed by atoms with E-state index in [1.165, 1.54) is 13.2 Å². The molecule has 0 saturated carbocycles. The maximum atomic E-state index is 12.5. The number of aryl methyl sites for hydroxylation is 1. The number of esters is 1. The monoisotopic (exact) mass is 377 g/mol. The van der Waals surface area contributed by atoms with Crippen LogP contribution in [0.25, 0.3) is 0 Å². The number of ether oxygens (including phenoxy) is 1. The smallest absolute Gasteiger partial charge is 0.323 e. The average molecular weight is 378 g/mol. The van der Waals surface area contributed by atoms with E-state index in [0.29, 0.717) is 16.5 Å². The lowest BCUT2D eigenvalue weighted by atomic mass is 10.1. The molecule has 5 nitrogen and oxygen atoms in total. The number of halogens is 1. The Bertz CT molecular complexity index is 613. The van der Waals surface area contributed by atoms with E-state index >= 15 is 0 Å². The third-order valence-corrected chi connectivity index (χ3v) is 5.04. The third kappa shape index (κ3) is 5.09. The van der Waals surface area contributed by atoms with Crippen LogP contribution in [0.2, 0.25) is 0 Å². The fourth-order valence-corrected chi connectivity index (χ4v) is 3.90. The second-order valence-corrected chi connectivity index (χ2v) is 7.83. The first kappa shape index (κ1) is 18.1. The molecule has 0 aromatic heterocycles. The van der Waals surface area contributed by atoms with Crippen LogP contribution in [0.4, 0.5) is 0 Å². The van der Waals surface area contributed by atoms with Crippen molar-refractivity contribution in [1.82, 2.24) is 4.72 Å². The van der Waals surface area contributed by atoms with Gasteiger partial charge in [0.2, 0.25) is 10.0 Å². The summed E-state index contributed by atoms with van der Waals surface area (Å²) in [5.41, 5.74) is 0.610. The van der Waals surface area contributed by atoms with Crippen LogP contribution in [0.3, 0.4) is 0 Å². The Hall–Kier alpha value is -0.920. The van der Waals surface area contributed by atoms with E-state index in [1.807, 2.05) is 13.8 Å². The fourth-order valence-electron chi connectivity index (χ4n) is 1.92. The number of hydrogen-bond donors (Lipinski definition) is 1. The van der Waals surface area contributed by atoms with Crippen molar-refractivity contribution in [2.45, 2.75) is 38.1 Å². The second kappa shape index (κ2) is 7.38. The number of benzene rings is 1. The molecule has 0 radical (unpaired) electrons. The second-order valence-electron chi connectivity index (χ2n) is 5.24. The molecule has 0 saturated heterocycles. The Morgan fingerprint density at radius 2 is 2.00 bits per heavy atom. The van der Waals surface area contributed by atoms with Crippen LogP contribution in [0.5, 0.6) is 0 Å². The van der Waals surface area contributed by atoms with Gasteiger partial charge in [0.05, 0.1) is 12.0 Å². The molecule has 0 amide bonds. The Kier molecular flexibility index (Phi) is 6.37. The quantitative estimate of drug-likeness (QED) is 0.773. The number of rotatable bonds is 6. The van der Waals surface area contributed by atoms with Gasteiger partial charge in [-0.1, -0.05) is 35.8 Å². The first-order chi connectivity index (χ1) is 9.67. The Labute approximate surface area is 134 Å². The van der Waals surface area contributed by atoms with E-state index in [-0.39, 0.29) is 10.8 Å². The van der Waals surface area contributed by atoms with E-state index in [0.717, 1.165) is 0 Å². The highest BCUT2D eigenvalue weighted by Gasteiger charge is 2.28. The summed E-state index contributed by atoms with van der Waals surface area (Å²) in [6.07, 6.45) is 0.374. The Morgan fingerprint density at radius 3 is 2.52 bits per heavy atom. The predicted octanol–water partition coefficient (Wildman–Crippen LogP) is 2.62. The van der Waals surface area contributed by atoms with Gasteiger partial charge in [0.15, 0.2) is 0 Å². The summed E-state index contributed by atoms with van der Waals surface area (Å²) in [5, 5.41) is 0. The average Bonchev–Trinajstić information content (AvgIpc) is 2.38. The highest BCUT2D eigenvalue weighted by atomic mass is 79.9. The van der Waals surface area contributed by atoms with Gasteiger partial charge in [-0.15, -0.1) is 0 Å². The van der Waals surface area contributed by atoms with Crippen molar-refractivity contribution in [3.05, 3.63) is 28.2 Å². The highest BCUT2D eigenvalue weighted by molar-refractivity contribution is 9.10. The standard InChI is InChI=1S/C14H20BrNO4S/c1-9(2)7-12(14(17)20-4)16-21(18,19)13-8-11(15)6-5-10(13)3/h5-6,8-9,12,16H,7H2,1-4H3/t12-/m1/s1. The van der Waals surface area contributed by atoms with Crippen LogP contribution in [-0.4, -0.2) is 27.5 Å². The van der Waals surface area contributed by atoms with E-state index in [1.54, 1.807) is 19.1 Å². The van der Waals surface area contributed by atoms with Gasteiger partial charge in [-0.05, 0) is 37.0 Å². The summed E-state index contributed by atoms with van der Waals surface area (Å²) in [4.78, 5) is 11.9. The number of carbonyl (C=O) groups is 1. The molecule has 7 heteroatoms. The van der Waals surface area contributed by atoms with E-state index in [9.17, 15) is 13.2 Å². The lowest BCUT2D eigenvalue weighted by Crippen LogP contribution is -2.42.